The molecule has 0 bridgehead atoms. The summed E-state index contributed by atoms with van der Waals surface area (Å²) in [6.45, 7) is 3.87. The molecule has 2 aromatic carbocycles. The fraction of sp³-hybridized carbons (Fsp3) is 0.211. The number of furan rings is 1. The van der Waals surface area contributed by atoms with Gasteiger partial charge in [-0.05, 0) is 19.1 Å². The summed E-state index contributed by atoms with van der Waals surface area (Å²) in [5, 5.41) is 0.529. The number of fused-ring (bicyclic) bond motifs is 1. The van der Waals surface area contributed by atoms with Gasteiger partial charge in [0.1, 0.15) is 22.7 Å². The summed E-state index contributed by atoms with van der Waals surface area (Å²) in [7, 11) is 5.86. The molecule has 1 atom stereocenters. The van der Waals surface area contributed by atoms with E-state index in [1.807, 2.05) is 31.2 Å². The van der Waals surface area contributed by atoms with Crippen LogP contribution in [0.15, 0.2) is 46.9 Å². The van der Waals surface area contributed by atoms with E-state index in [0.29, 0.717) is 27.9 Å². The summed E-state index contributed by atoms with van der Waals surface area (Å²) in [6, 6.07) is 11.5. The standard InChI is InChI=1S/C19H16BFO3/c1-3-23-19(22)17-15-9-8-14(21)10-16(15)24-18(17)13-6-4-12(5-7-13)11(2)20/h4-11H,3H2,1-2H3. The highest BCUT2D eigenvalue weighted by atomic mass is 19.1. The second kappa shape index (κ2) is 6.52. The Hall–Kier alpha value is -2.56. The van der Waals surface area contributed by atoms with Crippen LogP contribution in [-0.2, 0) is 4.74 Å². The van der Waals surface area contributed by atoms with Crippen LogP contribution in [0.2, 0.25) is 0 Å². The van der Waals surface area contributed by atoms with Crippen molar-refractivity contribution in [1.82, 2.24) is 0 Å². The van der Waals surface area contributed by atoms with Crippen molar-refractivity contribution in [2.24, 2.45) is 0 Å². The molecule has 0 aliphatic carbocycles. The highest BCUT2D eigenvalue weighted by Crippen LogP contribution is 2.35. The molecule has 3 aromatic rings. The molecule has 3 nitrogen and oxygen atoms in total. The van der Waals surface area contributed by atoms with Crippen LogP contribution in [-0.4, -0.2) is 20.4 Å². The third-order valence-corrected chi connectivity index (χ3v) is 3.83. The largest absolute Gasteiger partial charge is 0.462 e. The van der Waals surface area contributed by atoms with Gasteiger partial charge in [-0.15, -0.1) is 0 Å². The third kappa shape index (κ3) is 2.94. The summed E-state index contributed by atoms with van der Waals surface area (Å²) in [6.07, 6.45) is 0. The average Bonchev–Trinajstić information content (AvgIpc) is 2.93. The molecule has 0 saturated carbocycles. The van der Waals surface area contributed by atoms with Gasteiger partial charge in [-0.1, -0.05) is 42.6 Å². The van der Waals surface area contributed by atoms with Crippen LogP contribution < -0.4 is 0 Å². The summed E-state index contributed by atoms with van der Waals surface area (Å²) < 4.78 is 24.4. The smallest absolute Gasteiger partial charge is 0.342 e. The van der Waals surface area contributed by atoms with Gasteiger partial charge in [-0.2, -0.15) is 0 Å². The maximum atomic E-state index is 13.5. The minimum Gasteiger partial charge on any atom is -0.462 e. The summed E-state index contributed by atoms with van der Waals surface area (Å²) in [5.41, 5.74) is 2.29. The summed E-state index contributed by atoms with van der Waals surface area (Å²) in [5.74, 6) is -0.640. The average molecular weight is 322 g/mol. The van der Waals surface area contributed by atoms with E-state index in [0.717, 1.165) is 5.56 Å². The maximum Gasteiger partial charge on any atom is 0.342 e. The van der Waals surface area contributed by atoms with Gasteiger partial charge in [0.2, 0.25) is 0 Å². The number of hydrogen-bond acceptors (Lipinski definition) is 3. The SMILES string of the molecule is [B]C(C)c1ccc(-c2oc3cc(F)ccc3c2C(=O)OCC)cc1. The van der Waals surface area contributed by atoms with Gasteiger partial charge in [0.05, 0.1) is 14.5 Å². The van der Waals surface area contributed by atoms with Crippen LogP contribution in [0, 0.1) is 5.82 Å². The quantitative estimate of drug-likeness (QED) is 0.519. The molecule has 2 radical (unpaired) electrons. The van der Waals surface area contributed by atoms with E-state index in [-0.39, 0.29) is 12.4 Å². The second-order valence-corrected chi connectivity index (χ2v) is 5.58. The van der Waals surface area contributed by atoms with Crippen molar-refractivity contribution < 1.29 is 18.3 Å². The van der Waals surface area contributed by atoms with Crippen LogP contribution in [0.25, 0.3) is 22.3 Å². The van der Waals surface area contributed by atoms with Crippen molar-refractivity contribution in [3.63, 3.8) is 0 Å². The molecule has 0 spiro atoms. The molecule has 1 heterocycles. The molecule has 0 amide bonds. The van der Waals surface area contributed by atoms with E-state index in [2.05, 4.69) is 0 Å². The lowest BCUT2D eigenvalue weighted by atomic mass is 9.83. The molecular formula is C19H16BFO3. The van der Waals surface area contributed by atoms with E-state index in [1.54, 1.807) is 6.92 Å². The Morgan fingerprint density at radius 3 is 2.58 bits per heavy atom. The molecule has 0 aliphatic heterocycles. The first-order chi connectivity index (χ1) is 11.5. The minimum absolute atomic E-state index is 0.0895. The fourth-order valence-electron chi connectivity index (χ4n) is 2.62. The lowest BCUT2D eigenvalue weighted by Crippen LogP contribution is -2.05. The molecule has 0 N–H and O–H groups in total. The third-order valence-electron chi connectivity index (χ3n) is 3.83. The van der Waals surface area contributed by atoms with E-state index < -0.39 is 11.8 Å². The van der Waals surface area contributed by atoms with E-state index >= 15 is 0 Å². The zero-order valence-corrected chi connectivity index (χ0v) is 13.5. The number of halogens is 1. The highest BCUT2D eigenvalue weighted by Gasteiger charge is 2.23. The van der Waals surface area contributed by atoms with Gasteiger partial charge in [0.15, 0.2) is 0 Å². The lowest BCUT2D eigenvalue weighted by molar-refractivity contribution is 0.0528. The number of carbonyl (C=O) groups is 1. The van der Waals surface area contributed by atoms with Crippen LogP contribution in [0.1, 0.15) is 35.6 Å². The van der Waals surface area contributed by atoms with Crippen molar-refractivity contribution >= 4 is 24.8 Å². The molecule has 24 heavy (non-hydrogen) atoms. The van der Waals surface area contributed by atoms with E-state index in [9.17, 15) is 9.18 Å². The molecule has 1 unspecified atom stereocenters. The van der Waals surface area contributed by atoms with Gasteiger partial charge in [-0.3, -0.25) is 0 Å². The van der Waals surface area contributed by atoms with Crippen LogP contribution in [0.5, 0.6) is 0 Å². The van der Waals surface area contributed by atoms with Gasteiger partial charge >= 0.3 is 5.97 Å². The monoisotopic (exact) mass is 322 g/mol. The number of hydrogen-bond donors (Lipinski definition) is 0. The Kier molecular flexibility index (Phi) is 4.43. The summed E-state index contributed by atoms with van der Waals surface area (Å²) >= 11 is 0. The van der Waals surface area contributed by atoms with Crippen molar-refractivity contribution in [1.29, 1.82) is 0 Å². The van der Waals surface area contributed by atoms with Crippen LogP contribution in [0.4, 0.5) is 4.39 Å². The van der Waals surface area contributed by atoms with Crippen molar-refractivity contribution in [3.05, 3.63) is 59.4 Å². The van der Waals surface area contributed by atoms with Gasteiger partial charge in [-0.25, -0.2) is 9.18 Å². The Morgan fingerprint density at radius 2 is 1.96 bits per heavy atom. The Balaban J connectivity index is 2.18. The lowest BCUT2D eigenvalue weighted by Gasteiger charge is -2.07. The first-order valence-electron chi connectivity index (χ1n) is 7.76. The fourth-order valence-corrected chi connectivity index (χ4v) is 2.62. The topological polar surface area (TPSA) is 39.4 Å². The van der Waals surface area contributed by atoms with Crippen molar-refractivity contribution in [3.8, 4) is 11.3 Å². The molecule has 120 valence electrons. The molecule has 3 rings (SSSR count). The predicted molar refractivity (Wildman–Crippen MR) is 91.7 cm³/mol. The van der Waals surface area contributed by atoms with E-state index in [4.69, 9.17) is 17.0 Å². The van der Waals surface area contributed by atoms with Gasteiger partial charge in [0.25, 0.3) is 0 Å². The number of benzene rings is 2. The Labute approximate surface area is 140 Å². The van der Waals surface area contributed by atoms with Gasteiger partial charge < -0.3 is 9.15 Å². The number of esters is 1. The van der Waals surface area contributed by atoms with E-state index in [1.165, 1.54) is 18.2 Å². The zero-order valence-electron chi connectivity index (χ0n) is 13.5. The Bertz CT molecular complexity index is 882. The van der Waals surface area contributed by atoms with Gasteiger partial charge in [0, 0.05) is 17.0 Å². The van der Waals surface area contributed by atoms with Crippen LogP contribution in [0.3, 0.4) is 0 Å². The Morgan fingerprint density at radius 1 is 1.25 bits per heavy atom. The number of ether oxygens (including phenoxy) is 1. The first kappa shape index (κ1) is 16.3. The second-order valence-electron chi connectivity index (χ2n) is 5.58. The number of carbonyl (C=O) groups excluding carboxylic acids is 1. The van der Waals surface area contributed by atoms with Crippen molar-refractivity contribution in [2.75, 3.05) is 6.61 Å². The molecular weight excluding hydrogens is 306 g/mol. The predicted octanol–water partition coefficient (Wildman–Crippen LogP) is 4.65. The normalized spacial score (nSPS) is 12.3. The summed E-state index contributed by atoms with van der Waals surface area (Å²) in [4.78, 5) is 12.4. The van der Waals surface area contributed by atoms with Crippen LogP contribution >= 0.6 is 0 Å². The first-order valence-corrected chi connectivity index (χ1v) is 7.76. The molecule has 0 fully saturated rings. The minimum atomic E-state index is -0.492. The molecule has 1 aromatic heterocycles. The molecule has 0 aliphatic rings. The molecule has 5 heteroatoms. The highest BCUT2D eigenvalue weighted by molar-refractivity contribution is 6.12. The van der Waals surface area contributed by atoms with Crippen molar-refractivity contribution in [2.45, 2.75) is 19.7 Å². The molecule has 0 saturated heterocycles. The number of rotatable bonds is 4. The zero-order chi connectivity index (χ0) is 17.3. The maximum absolute atomic E-state index is 13.5.